The van der Waals surface area contributed by atoms with Gasteiger partial charge in [0.25, 0.3) is 5.91 Å². The number of imide groups is 1. The van der Waals surface area contributed by atoms with Gasteiger partial charge in [0, 0.05) is 36.7 Å². The second-order valence-electron chi connectivity index (χ2n) is 9.35. The van der Waals surface area contributed by atoms with Crippen LogP contribution in [-0.4, -0.2) is 28.8 Å². The summed E-state index contributed by atoms with van der Waals surface area (Å²) in [4.78, 5) is 40.0. The average molecular weight is 451 g/mol. The van der Waals surface area contributed by atoms with Crippen LogP contribution in [0, 0.1) is 11.7 Å². The first-order valence-corrected chi connectivity index (χ1v) is 11.2. The third kappa shape index (κ3) is 3.83. The molecule has 2 aromatic rings. The molecule has 1 saturated heterocycles. The zero-order valence-electron chi connectivity index (χ0n) is 18.3. The molecular formula is C25H26FN3O4. The molecule has 172 valence electrons. The number of rotatable bonds is 6. The summed E-state index contributed by atoms with van der Waals surface area (Å²) in [5.41, 5.74) is 7.30. The zero-order valence-corrected chi connectivity index (χ0v) is 18.3. The molecule has 33 heavy (non-hydrogen) atoms. The van der Waals surface area contributed by atoms with Gasteiger partial charge in [0.15, 0.2) is 0 Å². The van der Waals surface area contributed by atoms with Crippen LogP contribution in [0.2, 0.25) is 0 Å². The summed E-state index contributed by atoms with van der Waals surface area (Å²) in [6.07, 6.45) is 1.72. The van der Waals surface area contributed by atoms with Crippen LogP contribution in [0.1, 0.15) is 55.2 Å². The number of nitrogens with one attached hydrogen (secondary N) is 1. The van der Waals surface area contributed by atoms with Crippen LogP contribution >= 0.6 is 0 Å². The zero-order chi connectivity index (χ0) is 23.3. The Kier molecular flexibility index (Phi) is 5.11. The summed E-state index contributed by atoms with van der Waals surface area (Å²) in [6.45, 7) is 2.43. The quantitative estimate of drug-likeness (QED) is 0.654. The Morgan fingerprint density at radius 2 is 1.97 bits per heavy atom. The number of alkyl carbamates (subject to hydrolysis) is 1. The number of amides is 3. The van der Waals surface area contributed by atoms with Crippen molar-refractivity contribution in [1.82, 2.24) is 10.2 Å². The molecule has 3 N–H and O–H groups in total. The molecule has 8 heteroatoms. The largest absolute Gasteiger partial charge is 0.427 e. The number of carbonyl (C=O) groups is 3. The van der Waals surface area contributed by atoms with Gasteiger partial charge in [-0.3, -0.25) is 14.9 Å². The molecule has 0 bridgehead atoms. The summed E-state index contributed by atoms with van der Waals surface area (Å²) >= 11 is 0. The molecule has 2 fully saturated rings. The summed E-state index contributed by atoms with van der Waals surface area (Å²) in [6, 6.07) is 11.4. The lowest BCUT2D eigenvalue weighted by Gasteiger charge is -2.31. The summed E-state index contributed by atoms with van der Waals surface area (Å²) in [7, 11) is 0. The Balaban J connectivity index is 1.42. The van der Waals surface area contributed by atoms with Gasteiger partial charge < -0.3 is 15.4 Å². The Morgan fingerprint density at radius 1 is 1.24 bits per heavy atom. The highest BCUT2D eigenvalue weighted by Gasteiger charge is 2.57. The molecule has 1 aliphatic heterocycles. The number of ether oxygens (including phenoxy) is 1. The predicted molar refractivity (Wildman–Crippen MR) is 118 cm³/mol. The number of anilines is 1. The Hall–Kier alpha value is -3.42. The van der Waals surface area contributed by atoms with Gasteiger partial charge in [0.05, 0.1) is 0 Å². The molecule has 1 saturated carbocycles. The van der Waals surface area contributed by atoms with Crippen LogP contribution < -0.4 is 11.1 Å². The van der Waals surface area contributed by atoms with E-state index in [9.17, 15) is 18.8 Å². The number of hydrogen-bond acceptors (Lipinski definition) is 5. The van der Waals surface area contributed by atoms with Crippen molar-refractivity contribution in [2.24, 2.45) is 5.92 Å². The lowest BCUT2D eigenvalue weighted by Crippen LogP contribution is -2.40. The van der Waals surface area contributed by atoms with Crippen molar-refractivity contribution in [3.8, 4) is 0 Å². The monoisotopic (exact) mass is 451 g/mol. The minimum Gasteiger partial charge on any atom is -0.427 e. The molecule has 7 nitrogen and oxygen atoms in total. The maximum atomic E-state index is 13.6. The highest BCUT2D eigenvalue weighted by atomic mass is 19.1. The number of nitrogens with zero attached hydrogens (tertiary/aromatic N) is 1. The van der Waals surface area contributed by atoms with Gasteiger partial charge in [-0.15, -0.1) is 0 Å². The van der Waals surface area contributed by atoms with E-state index in [2.05, 4.69) is 5.32 Å². The SMILES string of the molecule is C[C@H](C1CC1)N(Cc1ccc(F)cc1)C(=O)CC1C[C@]2(OC(=O)NC2=O)c2ccc(N)cc21. The van der Waals surface area contributed by atoms with Crippen LogP contribution in [0.5, 0.6) is 0 Å². The number of nitrogens with two attached hydrogens (primary N) is 1. The molecule has 2 aromatic carbocycles. The molecular weight excluding hydrogens is 425 g/mol. The Bertz CT molecular complexity index is 1130. The minimum atomic E-state index is -1.42. The van der Waals surface area contributed by atoms with E-state index in [0.29, 0.717) is 23.7 Å². The number of halogens is 1. The second-order valence-corrected chi connectivity index (χ2v) is 9.35. The van der Waals surface area contributed by atoms with E-state index in [-0.39, 0.29) is 36.5 Å². The number of nitrogen functional groups attached to an aromatic ring is 1. The number of carbonyl (C=O) groups excluding carboxylic acids is 3. The summed E-state index contributed by atoms with van der Waals surface area (Å²) < 4.78 is 18.8. The molecule has 3 amide bonds. The van der Waals surface area contributed by atoms with Gasteiger partial charge in [-0.2, -0.15) is 0 Å². The average Bonchev–Trinajstić information content (AvgIpc) is 3.53. The van der Waals surface area contributed by atoms with Gasteiger partial charge in [-0.25, -0.2) is 9.18 Å². The van der Waals surface area contributed by atoms with Crippen molar-refractivity contribution in [3.05, 3.63) is 65.0 Å². The number of fused-ring (bicyclic) bond motifs is 2. The van der Waals surface area contributed by atoms with Crippen molar-refractivity contribution in [2.75, 3.05) is 5.73 Å². The first-order valence-electron chi connectivity index (χ1n) is 11.2. The van der Waals surface area contributed by atoms with E-state index >= 15 is 0 Å². The van der Waals surface area contributed by atoms with Gasteiger partial charge in [-0.05, 0) is 67.0 Å². The maximum Gasteiger partial charge on any atom is 0.415 e. The first kappa shape index (κ1) is 21.4. The molecule has 1 spiro atoms. The van der Waals surface area contributed by atoms with Crippen LogP contribution in [0.3, 0.4) is 0 Å². The van der Waals surface area contributed by atoms with Crippen molar-refractivity contribution in [3.63, 3.8) is 0 Å². The first-order chi connectivity index (χ1) is 15.8. The summed E-state index contributed by atoms with van der Waals surface area (Å²) in [5.74, 6) is -0.757. The van der Waals surface area contributed by atoms with Gasteiger partial charge in [-0.1, -0.05) is 18.2 Å². The van der Waals surface area contributed by atoms with E-state index < -0.39 is 17.6 Å². The van der Waals surface area contributed by atoms with Crippen molar-refractivity contribution < 1.29 is 23.5 Å². The topological polar surface area (TPSA) is 102 Å². The fourth-order valence-corrected chi connectivity index (χ4v) is 5.18. The molecule has 2 aliphatic carbocycles. The molecule has 0 aromatic heterocycles. The molecule has 1 unspecified atom stereocenters. The maximum absolute atomic E-state index is 13.6. The van der Waals surface area contributed by atoms with E-state index in [1.54, 1.807) is 30.3 Å². The lowest BCUT2D eigenvalue weighted by atomic mass is 9.93. The third-order valence-electron chi connectivity index (χ3n) is 7.14. The third-order valence-corrected chi connectivity index (χ3v) is 7.14. The number of benzene rings is 2. The number of hydrogen-bond donors (Lipinski definition) is 2. The van der Waals surface area contributed by atoms with Crippen molar-refractivity contribution in [2.45, 2.75) is 56.7 Å². The van der Waals surface area contributed by atoms with Gasteiger partial charge in [0.2, 0.25) is 11.5 Å². The summed E-state index contributed by atoms with van der Waals surface area (Å²) in [5, 5.41) is 2.22. The lowest BCUT2D eigenvalue weighted by molar-refractivity contribution is -0.136. The van der Waals surface area contributed by atoms with E-state index in [1.807, 2.05) is 11.8 Å². The smallest absolute Gasteiger partial charge is 0.415 e. The van der Waals surface area contributed by atoms with Crippen LogP contribution in [0.4, 0.5) is 14.9 Å². The van der Waals surface area contributed by atoms with Crippen LogP contribution in [0.25, 0.3) is 0 Å². The predicted octanol–water partition coefficient (Wildman–Crippen LogP) is 3.57. The fourth-order valence-electron chi connectivity index (χ4n) is 5.18. The minimum absolute atomic E-state index is 0.0471. The molecule has 0 radical (unpaired) electrons. The van der Waals surface area contributed by atoms with Crippen LogP contribution in [-0.2, 0) is 26.5 Å². The molecule has 5 rings (SSSR count). The van der Waals surface area contributed by atoms with Gasteiger partial charge >= 0.3 is 6.09 Å². The Morgan fingerprint density at radius 3 is 2.61 bits per heavy atom. The standard InChI is InChI=1S/C25H26FN3O4/c1-14(16-4-5-16)29(13-15-2-6-18(26)7-3-15)22(30)10-17-12-25(23(31)28-24(32)33-25)21-9-8-19(27)11-20(17)21/h2-3,6-9,11,14,16-17H,4-5,10,12-13,27H2,1H3,(H,28,31,32)/t14-,17?,25+/m1/s1. The van der Waals surface area contributed by atoms with Crippen molar-refractivity contribution in [1.29, 1.82) is 0 Å². The molecule has 1 heterocycles. The fraction of sp³-hybridized carbons (Fsp3) is 0.400. The van der Waals surface area contributed by atoms with Crippen molar-refractivity contribution >= 4 is 23.6 Å². The Labute approximate surface area is 191 Å². The van der Waals surface area contributed by atoms with E-state index in [4.69, 9.17) is 10.5 Å². The van der Waals surface area contributed by atoms with E-state index in [1.165, 1.54) is 12.1 Å². The van der Waals surface area contributed by atoms with Crippen LogP contribution in [0.15, 0.2) is 42.5 Å². The van der Waals surface area contributed by atoms with Gasteiger partial charge in [0.1, 0.15) is 5.82 Å². The highest BCUT2D eigenvalue weighted by Crippen LogP contribution is 2.51. The normalized spacial score (nSPS) is 24.4. The second kappa shape index (κ2) is 7.86. The van der Waals surface area contributed by atoms with E-state index in [0.717, 1.165) is 24.0 Å². The molecule has 3 aliphatic rings. The highest BCUT2D eigenvalue weighted by molar-refractivity contribution is 6.04. The molecule has 3 atom stereocenters.